The van der Waals surface area contributed by atoms with Crippen molar-refractivity contribution in [3.05, 3.63) is 89.2 Å². The molecule has 2 aliphatic carbocycles. The molecule has 1 saturated carbocycles. The van der Waals surface area contributed by atoms with Crippen molar-refractivity contribution in [3.8, 4) is 11.1 Å². The van der Waals surface area contributed by atoms with Crippen LogP contribution < -0.4 is 10.6 Å². The maximum Gasteiger partial charge on any atom is 0.407 e. The molecule has 0 heterocycles. The molecule has 35 heavy (non-hydrogen) atoms. The van der Waals surface area contributed by atoms with E-state index in [1.165, 1.54) is 12.1 Å². The van der Waals surface area contributed by atoms with Crippen LogP contribution in [0.1, 0.15) is 33.8 Å². The van der Waals surface area contributed by atoms with Gasteiger partial charge in [0.2, 0.25) is 5.91 Å². The Kier molecular flexibility index (Phi) is 5.94. The Morgan fingerprint density at radius 2 is 1.60 bits per heavy atom. The molecule has 0 spiro atoms. The lowest BCUT2D eigenvalue weighted by atomic mass is 9.98. The average molecular weight is 474 g/mol. The van der Waals surface area contributed by atoms with Crippen LogP contribution in [0.25, 0.3) is 11.1 Å². The van der Waals surface area contributed by atoms with Crippen LogP contribution >= 0.6 is 0 Å². The lowest BCUT2D eigenvalue weighted by Gasteiger charge is -2.14. The van der Waals surface area contributed by atoms with Crippen LogP contribution in [-0.4, -0.2) is 36.2 Å². The molecule has 0 unspecified atom stereocenters. The SMILES string of the molecule is O=C(NC[C@H]1C[C@H]1C(=O)Nc1c(F)cccc1C(=O)O)OCC1c2ccccc2-c2ccccc21. The molecule has 0 aliphatic heterocycles. The lowest BCUT2D eigenvalue weighted by molar-refractivity contribution is -0.117. The highest BCUT2D eigenvalue weighted by Crippen LogP contribution is 2.44. The molecule has 1 fully saturated rings. The first-order chi connectivity index (χ1) is 16.9. The number of amides is 2. The molecule has 3 N–H and O–H groups in total. The third-order valence-corrected chi connectivity index (χ3v) is 6.60. The van der Waals surface area contributed by atoms with Crippen molar-refractivity contribution < 1.29 is 28.6 Å². The van der Waals surface area contributed by atoms with Crippen molar-refractivity contribution in [3.63, 3.8) is 0 Å². The van der Waals surface area contributed by atoms with E-state index in [2.05, 4.69) is 22.8 Å². The van der Waals surface area contributed by atoms with Crippen LogP contribution in [0.5, 0.6) is 0 Å². The van der Waals surface area contributed by atoms with Gasteiger partial charge in [-0.15, -0.1) is 0 Å². The summed E-state index contributed by atoms with van der Waals surface area (Å²) in [7, 11) is 0. The number of fused-ring (bicyclic) bond motifs is 3. The molecule has 0 aromatic heterocycles. The monoisotopic (exact) mass is 474 g/mol. The van der Waals surface area contributed by atoms with Gasteiger partial charge in [-0.3, -0.25) is 4.79 Å². The highest BCUT2D eigenvalue weighted by Gasteiger charge is 2.43. The number of nitrogens with one attached hydrogen (secondary N) is 2. The zero-order valence-electron chi connectivity index (χ0n) is 18.7. The minimum atomic E-state index is -1.33. The number of anilines is 1. The number of rotatable bonds is 7. The quantitative estimate of drug-likeness (QED) is 0.463. The van der Waals surface area contributed by atoms with Crippen LogP contribution in [0, 0.1) is 17.7 Å². The third-order valence-electron chi connectivity index (χ3n) is 6.60. The van der Waals surface area contributed by atoms with Gasteiger partial charge in [0, 0.05) is 18.4 Å². The van der Waals surface area contributed by atoms with E-state index in [4.69, 9.17) is 4.74 Å². The number of hydrogen-bond donors (Lipinski definition) is 3. The number of hydrogen-bond acceptors (Lipinski definition) is 4. The van der Waals surface area contributed by atoms with Gasteiger partial charge >= 0.3 is 12.1 Å². The average Bonchev–Trinajstić information content (AvgIpc) is 3.57. The van der Waals surface area contributed by atoms with Gasteiger partial charge in [-0.05, 0) is 46.7 Å². The number of ether oxygens (including phenoxy) is 1. The summed E-state index contributed by atoms with van der Waals surface area (Å²) in [6.45, 7) is 0.428. The minimum Gasteiger partial charge on any atom is -0.478 e. The van der Waals surface area contributed by atoms with Crippen LogP contribution in [0.2, 0.25) is 0 Å². The predicted molar refractivity (Wildman–Crippen MR) is 127 cm³/mol. The highest BCUT2D eigenvalue weighted by molar-refractivity contribution is 6.02. The second kappa shape index (κ2) is 9.21. The number of carbonyl (C=O) groups is 3. The summed E-state index contributed by atoms with van der Waals surface area (Å²) >= 11 is 0. The molecular weight excluding hydrogens is 451 g/mol. The fraction of sp³-hybridized carbons (Fsp3) is 0.222. The number of carboxylic acids is 1. The molecule has 2 atom stereocenters. The van der Waals surface area contributed by atoms with E-state index in [-0.39, 0.29) is 36.2 Å². The molecule has 3 aromatic rings. The fourth-order valence-corrected chi connectivity index (χ4v) is 4.70. The van der Waals surface area contributed by atoms with E-state index >= 15 is 0 Å². The fourth-order valence-electron chi connectivity index (χ4n) is 4.70. The van der Waals surface area contributed by atoms with Crippen LogP contribution in [-0.2, 0) is 9.53 Å². The van der Waals surface area contributed by atoms with Crippen molar-refractivity contribution in [2.24, 2.45) is 11.8 Å². The van der Waals surface area contributed by atoms with Gasteiger partial charge in [0.1, 0.15) is 12.4 Å². The molecule has 2 amide bonds. The number of carbonyl (C=O) groups excluding carboxylic acids is 2. The Labute approximate surface area is 200 Å². The van der Waals surface area contributed by atoms with Gasteiger partial charge in [-0.25, -0.2) is 14.0 Å². The van der Waals surface area contributed by atoms with E-state index < -0.39 is 29.7 Å². The van der Waals surface area contributed by atoms with Crippen LogP contribution in [0.4, 0.5) is 14.9 Å². The normalized spacial score (nSPS) is 17.7. The topological polar surface area (TPSA) is 105 Å². The van der Waals surface area contributed by atoms with E-state index in [0.29, 0.717) is 6.42 Å². The summed E-state index contributed by atoms with van der Waals surface area (Å²) in [4.78, 5) is 36.1. The molecular formula is C27H23FN2O5. The number of para-hydroxylation sites is 1. The Bertz CT molecular complexity index is 1280. The van der Waals surface area contributed by atoms with Crippen molar-refractivity contribution in [2.75, 3.05) is 18.5 Å². The van der Waals surface area contributed by atoms with Crippen LogP contribution in [0.3, 0.4) is 0 Å². The van der Waals surface area contributed by atoms with Crippen LogP contribution in [0.15, 0.2) is 66.7 Å². The number of halogens is 1. The van der Waals surface area contributed by atoms with Crippen molar-refractivity contribution in [1.29, 1.82) is 0 Å². The first-order valence-corrected chi connectivity index (χ1v) is 11.4. The van der Waals surface area contributed by atoms with Crippen molar-refractivity contribution in [1.82, 2.24) is 5.32 Å². The Morgan fingerprint density at radius 1 is 0.943 bits per heavy atom. The summed E-state index contributed by atoms with van der Waals surface area (Å²) in [5.74, 6) is -3.23. The third kappa shape index (κ3) is 4.47. The molecule has 2 aliphatic rings. The molecule has 8 heteroatoms. The highest BCUT2D eigenvalue weighted by atomic mass is 19.1. The smallest absolute Gasteiger partial charge is 0.407 e. The first kappa shape index (κ1) is 22.6. The summed E-state index contributed by atoms with van der Waals surface area (Å²) in [5, 5.41) is 14.3. The second-order valence-electron chi connectivity index (χ2n) is 8.77. The zero-order chi connectivity index (χ0) is 24.5. The van der Waals surface area contributed by atoms with Gasteiger partial charge in [0.25, 0.3) is 0 Å². The zero-order valence-corrected chi connectivity index (χ0v) is 18.7. The molecule has 7 nitrogen and oxygen atoms in total. The van der Waals surface area contributed by atoms with E-state index in [0.717, 1.165) is 28.3 Å². The van der Waals surface area contributed by atoms with Gasteiger partial charge in [-0.2, -0.15) is 0 Å². The number of benzene rings is 3. The van der Waals surface area contributed by atoms with Gasteiger partial charge in [0.05, 0.1) is 11.3 Å². The number of carboxylic acid groups (broad SMARTS) is 1. The molecule has 178 valence electrons. The molecule has 3 aromatic carbocycles. The summed E-state index contributed by atoms with van der Waals surface area (Å²) in [6, 6.07) is 19.7. The molecule has 0 bridgehead atoms. The largest absolute Gasteiger partial charge is 0.478 e. The second-order valence-corrected chi connectivity index (χ2v) is 8.77. The van der Waals surface area contributed by atoms with Crippen molar-refractivity contribution >= 4 is 23.7 Å². The van der Waals surface area contributed by atoms with E-state index in [1.54, 1.807) is 0 Å². The standard InChI is InChI=1S/C27H23FN2O5/c28-23-11-5-10-20(26(32)33)24(23)30-25(31)21-12-15(21)13-29-27(34)35-14-22-18-8-3-1-6-16(18)17-7-2-4-9-19(17)22/h1-11,15,21-22H,12-14H2,(H,29,34)(H,30,31)(H,32,33)/t15-,21-/m1/s1. The minimum absolute atomic E-state index is 0.0446. The summed E-state index contributed by atoms with van der Waals surface area (Å²) in [5.41, 5.74) is 3.87. The summed E-state index contributed by atoms with van der Waals surface area (Å²) in [6.07, 6.45) is -0.0630. The van der Waals surface area contributed by atoms with Gasteiger partial charge in [-0.1, -0.05) is 54.6 Å². The van der Waals surface area contributed by atoms with Gasteiger partial charge < -0.3 is 20.5 Å². The van der Waals surface area contributed by atoms with E-state index in [9.17, 15) is 23.9 Å². The maximum absolute atomic E-state index is 14.1. The predicted octanol–water partition coefficient (Wildman–Crippen LogP) is 4.64. The Morgan fingerprint density at radius 3 is 2.26 bits per heavy atom. The molecule has 0 saturated heterocycles. The lowest BCUT2D eigenvalue weighted by Crippen LogP contribution is -2.29. The molecule has 5 rings (SSSR count). The number of alkyl carbamates (subject to hydrolysis) is 1. The van der Waals surface area contributed by atoms with E-state index in [1.807, 2.05) is 36.4 Å². The van der Waals surface area contributed by atoms with Crippen molar-refractivity contribution in [2.45, 2.75) is 12.3 Å². The van der Waals surface area contributed by atoms with Gasteiger partial charge in [0.15, 0.2) is 0 Å². The Balaban J connectivity index is 1.13. The maximum atomic E-state index is 14.1. The first-order valence-electron chi connectivity index (χ1n) is 11.4. The Hall–Kier alpha value is -4.20. The summed E-state index contributed by atoms with van der Waals surface area (Å²) < 4.78 is 19.6. The number of aromatic carboxylic acids is 1. The molecule has 0 radical (unpaired) electrons.